The highest BCUT2D eigenvalue weighted by atomic mass is 16.4. The Labute approximate surface area is 179 Å². The van der Waals surface area contributed by atoms with Gasteiger partial charge >= 0.3 is 7.12 Å². The van der Waals surface area contributed by atoms with Crippen molar-refractivity contribution < 1.29 is 24.4 Å². The van der Waals surface area contributed by atoms with E-state index in [-0.39, 0.29) is 18.4 Å². The lowest BCUT2D eigenvalue weighted by molar-refractivity contribution is -0.123. The number of carbonyl (C=O) groups excluding carboxylic acids is 3. The molecule has 0 aliphatic carbocycles. The molecule has 0 aromatic heterocycles. The van der Waals surface area contributed by atoms with Gasteiger partial charge in [-0.1, -0.05) is 39.3 Å². The lowest BCUT2D eigenvalue weighted by Gasteiger charge is -2.24. The van der Waals surface area contributed by atoms with E-state index >= 15 is 0 Å². The first-order chi connectivity index (χ1) is 14.1. The Bertz CT molecular complexity index is 694. The molecule has 1 aromatic rings. The van der Waals surface area contributed by atoms with Crippen molar-refractivity contribution in [3.63, 3.8) is 0 Å². The molecular formula is C21H34BN3O5. The maximum atomic E-state index is 12.7. The average Bonchev–Trinajstić information content (AvgIpc) is 2.68. The third kappa shape index (κ3) is 9.41. The van der Waals surface area contributed by atoms with Crippen molar-refractivity contribution in [3.8, 4) is 0 Å². The van der Waals surface area contributed by atoms with Gasteiger partial charge < -0.3 is 26.0 Å². The van der Waals surface area contributed by atoms with Gasteiger partial charge in [0.15, 0.2) is 0 Å². The van der Waals surface area contributed by atoms with Gasteiger partial charge in [0, 0.05) is 19.0 Å². The van der Waals surface area contributed by atoms with Crippen molar-refractivity contribution in [2.45, 2.75) is 65.4 Å². The number of unbranched alkanes of at least 4 members (excludes halogenated alkanes) is 1. The van der Waals surface area contributed by atoms with Gasteiger partial charge in [0.05, 0.1) is 5.94 Å². The van der Waals surface area contributed by atoms with E-state index in [1.54, 1.807) is 12.1 Å². The molecule has 0 heterocycles. The van der Waals surface area contributed by atoms with Gasteiger partial charge in [0.2, 0.25) is 11.8 Å². The molecule has 0 saturated heterocycles. The van der Waals surface area contributed by atoms with E-state index in [0.29, 0.717) is 12.0 Å². The molecule has 0 fully saturated rings. The maximum absolute atomic E-state index is 12.7. The van der Waals surface area contributed by atoms with Crippen LogP contribution in [0.5, 0.6) is 0 Å². The van der Waals surface area contributed by atoms with E-state index < -0.39 is 30.9 Å². The molecule has 1 rings (SSSR count). The molecule has 3 amide bonds. The summed E-state index contributed by atoms with van der Waals surface area (Å²) in [5.41, 5.74) is 1.53. The fourth-order valence-corrected chi connectivity index (χ4v) is 2.95. The normalized spacial score (nSPS) is 12.8. The largest absolute Gasteiger partial charge is 0.475 e. The first-order valence-electron chi connectivity index (χ1n) is 10.4. The first kappa shape index (κ1) is 25.7. The highest BCUT2D eigenvalue weighted by molar-refractivity contribution is 6.43. The zero-order valence-electron chi connectivity index (χ0n) is 18.3. The van der Waals surface area contributed by atoms with Crippen LogP contribution in [0.3, 0.4) is 0 Å². The molecule has 0 aliphatic rings. The third-order valence-corrected chi connectivity index (χ3v) is 4.62. The standard InChI is InChI=1S/C21H34BN3O5/c1-5-6-7-16-8-10-17(11-9-16)20(27)24-18(13-23-15(4)26)21(28)25-19(22(29)30)12-14(2)3/h8-11,14,18-19,29-30H,5-7,12-13H2,1-4H3,(H,23,26)(H,24,27)(H,25,28)/t18-,19-/m0/s1. The van der Waals surface area contributed by atoms with E-state index in [0.717, 1.165) is 24.8 Å². The summed E-state index contributed by atoms with van der Waals surface area (Å²) in [4.78, 5) is 36.6. The van der Waals surface area contributed by atoms with Crippen molar-refractivity contribution in [1.82, 2.24) is 16.0 Å². The van der Waals surface area contributed by atoms with Gasteiger partial charge in [-0.25, -0.2) is 0 Å². The lowest BCUT2D eigenvalue weighted by Crippen LogP contribution is -2.57. The minimum Gasteiger partial charge on any atom is -0.426 e. The molecule has 0 saturated carbocycles. The first-order valence-corrected chi connectivity index (χ1v) is 10.4. The van der Waals surface area contributed by atoms with Crippen molar-refractivity contribution in [1.29, 1.82) is 0 Å². The van der Waals surface area contributed by atoms with Crippen LogP contribution in [-0.2, 0) is 16.0 Å². The molecule has 0 radical (unpaired) electrons. The molecule has 2 atom stereocenters. The molecule has 166 valence electrons. The fraction of sp³-hybridized carbons (Fsp3) is 0.571. The molecule has 1 aromatic carbocycles. The SMILES string of the molecule is CCCCc1ccc(C(=O)N[C@@H](CNC(C)=O)C(=O)N[C@@H](CC(C)C)B(O)O)cc1. The van der Waals surface area contributed by atoms with Crippen molar-refractivity contribution in [3.05, 3.63) is 35.4 Å². The van der Waals surface area contributed by atoms with Gasteiger partial charge in [0.1, 0.15) is 6.04 Å². The second kappa shape index (κ2) is 13.0. The Morgan fingerprint density at radius 1 is 1.07 bits per heavy atom. The van der Waals surface area contributed by atoms with Gasteiger partial charge in [-0.15, -0.1) is 0 Å². The van der Waals surface area contributed by atoms with Crippen LogP contribution >= 0.6 is 0 Å². The van der Waals surface area contributed by atoms with Crippen LogP contribution in [0.2, 0.25) is 0 Å². The Kier molecular flexibility index (Phi) is 11.1. The Hall–Kier alpha value is -2.39. The molecule has 0 bridgehead atoms. The second-order valence-corrected chi connectivity index (χ2v) is 7.92. The maximum Gasteiger partial charge on any atom is 0.475 e. The molecule has 0 spiro atoms. The van der Waals surface area contributed by atoms with E-state index in [1.165, 1.54) is 6.92 Å². The van der Waals surface area contributed by atoms with E-state index in [2.05, 4.69) is 22.9 Å². The van der Waals surface area contributed by atoms with Crippen molar-refractivity contribution >= 4 is 24.8 Å². The van der Waals surface area contributed by atoms with E-state index in [4.69, 9.17) is 0 Å². The zero-order chi connectivity index (χ0) is 22.7. The van der Waals surface area contributed by atoms with Crippen LogP contribution in [0.15, 0.2) is 24.3 Å². The highest BCUT2D eigenvalue weighted by Crippen LogP contribution is 2.09. The molecule has 30 heavy (non-hydrogen) atoms. The summed E-state index contributed by atoms with van der Waals surface area (Å²) in [6.07, 6.45) is 3.44. The summed E-state index contributed by atoms with van der Waals surface area (Å²) < 4.78 is 0. The summed E-state index contributed by atoms with van der Waals surface area (Å²) in [6.45, 7) is 7.09. The van der Waals surface area contributed by atoms with Crippen LogP contribution in [0.4, 0.5) is 0 Å². The minimum atomic E-state index is -1.73. The third-order valence-electron chi connectivity index (χ3n) is 4.62. The number of amides is 3. The van der Waals surface area contributed by atoms with Crippen LogP contribution < -0.4 is 16.0 Å². The average molecular weight is 419 g/mol. The number of aryl methyl sites for hydroxylation is 1. The van der Waals surface area contributed by atoms with Gasteiger partial charge in [-0.2, -0.15) is 0 Å². The summed E-state index contributed by atoms with van der Waals surface area (Å²) in [5, 5.41) is 26.8. The summed E-state index contributed by atoms with van der Waals surface area (Å²) in [6, 6.07) is 6.11. The minimum absolute atomic E-state index is 0.114. The Morgan fingerprint density at radius 2 is 1.70 bits per heavy atom. The van der Waals surface area contributed by atoms with Crippen LogP contribution in [0, 0.1) is 5.92 Å². The summed E-state index contributed by atoms with van der Waals surface area (Å²) >= 11 is 0. The Morgan fingerprint density at radius 3 is 2.20 bits per heavy atom. The number of benzene rings is 1. The number of hydrogen-bond acceptors (Lipinski definition) is 5. The molecule has 0 aliphatic heterocycles. The van der Waals surface area contributed by atoms with Gasteiger partial charge in [0.25, 0.3) is 5.91 Å². The van der Waals surface area contributed by atoms with Crippen LogP contribution in [0.1, 0.15) is 62.9 Å². The smallest absolute Gasteiger partial charge is 0.426 e. The quantitative estimate of drug-likeness (QED) is 0.321. The fourth-order valence-electron chi connectivity index (χ4n) is 2.95. The summed E-state index contributed by atoms with van der Waals surface area (Å²) in [7, 11) is -1.73. The molecule has 0 unspecified atom stereocenters. The highest BCUT2D eigenvalue weighted by Gasteiger charge is 2.30. The van der Waals surface area contributed by atoms with E-state index in [9.17, 15) is 24.4 Å². The number of nitrogens with one attached hydrogen (secondary N) is 3. The monoisotopic (exact) mass is 419 g/mol. The molecule has 8 nitrogen and oxygen atoms in total. The zero-order valence-corrected chi connectivity index (χ0v) is 18.3. The molecule has 9 heteroatoms. The topological polar surface area (TPSA) is 128 Å². The van der Waals surface area contributed by atoms with Crippen LogP contribution in [-0.4, -0.2) is 53.4 Å². The number of carbonyl (C=O) groups is 3. The number of rotatable bonds is 12. The van der Waals surface area contributed by atoms with Crippen LogP contribution in [0.25, 0.3) is 0 Å². The summed E-state index contributed by atoms with van der Waals surface area (Å²) in [5.74, 6) is -2.16. The van der Waals surface area contributed by atoms with Crippen molar-refractivity contribution in [2.24, 2.45) is 5.92 Å². The molecule has 5 N–H and O–H groups in total. The van der Waals surface area contributed by atoms with Gasteiger partial charge in [-0.3, -0.25) is 14.4 Å². The predicted molar refractivity (Wildman–Crippen MR) is 117 cm³/mol. The Balaban J connectivity index is 2.86. The predicted octanol–water partition coefficient (Wildman–Crippen LogP) is 0.807. The number of hydrogen-bond donors (Lipinski definition) is 5. The van der Waals surface area contributed by atoms with Gasteiger partial charge in [-0.05, 0) is 42.9 Å². The molecular weight excluding hydrogens is 385 g/mol. The van der Waals surface area contributed by atoms with Crippen molar-refractivity contribution in [2.75, 3.05) is 6.54 Å². The second-order valence-electron chi connectivity index (χ2n) is 7.92. The lowest BCUT2D eigenvalue weighted by atomic mass is 9.75. The van der Waals surface area contributed by atoms with E-state index in [1.807, 2.05) is 26.0 Å².